The van der Waals surface area contributed by atoms with Crippen LogP contribution in [0.15, 0.2) is 54.9 Å². The number of carboxylic acid groups (broad SMARTS) is 1. The lowest BCUT2D eigenvalue weighted by Crippen LogP contribution is -2.59. The zero-order chi connectivity index (χ0) is 39.3. The number of sulfonamides is 1. The SMILES string of the molecule is COc1ccc2c(O[C@@H]3C[C@H]4C(=O)N[C@]5(C(=O)NS(=O)(=O)C6(C)CC6)C[C@H]5/C=C\CC[C@@H](C)C[C@@H](C)[C@H](NC(=O)O)C(=O)N4C3)cc(-n3cccn3)nc2c1. The summed E-state index contributed by atoms with van der Waals surface area (Å²) in [5.74, 6) is -1.46. The molecule has 4 N–H and O–H groups in total. The zero-order valence-electron chi connectivity index (χ0n) is 31.2. The minimum absolute atomic E-state index is 0.00615. The highest BCUT2D eigenvalue weighted by molar-refractivity contribution is 7.91. The highest BCUT2D eigenvalue weighted by atomic mass is 32.2. The normalized spacial score (nSPS) is 29.8. The number of rotatable bonds is 8. The van der Waals surface area contributed by atoms with Gasteiger partial charge in [-0.1, -0.05) is 26.0 Å². The van der Waals surface area contributed by atoms with Crippen LogP contribution in [0.5, 0.6) is 11.5 Å². The summed E-state index contributed by atoms with van der Waals surface area (Å²) in [5, 5.41) is 20.1. The van der Waals surface area contributed by atoms with Gasteiger partial charge in [0.25, 0.3) is 5.91 Å². The lowest BCUT2D eigenvalue weighted by Gasteiger charge is -2.32. The van der Waals surface area contributed by atoms with E-state index in [0.717, 1.165) is 6.42 Å². The third-order valence-corrected chi connectivity index (χ3v) is 13.7. The Bertz CT molecular complexity index is 2140. The smallest absolute Gasteiger partial charge is 0.405 e. The van der Waals surface area contributed by atoms with Crippen molar-refractivity contribution in [2.45, 2.75) is 94.2 Å². The average molecular weight is 778 g/mol. The van der Waals surface area contributed by atoms with E-state index in [4.69, 9.17) is 14.5 Å². The molecule has 0 radical (unpaired) electrons. The van der Waals surface area contributed by atoms with Gasteiger partial charge < -0.3 is 30.1 Å². The number of carbonyl (C=O) groups is 4. The first-order valence-corrected chi connectivity index (χ1v) is 20.1. The van der Waals surface area contributed by atoms with Gasteiger partial charge in [0.1, 0.15) is 35.2 Å². The maximum absolute atomic E-state index is 14.5. The van der Waals surface area contributed by atoms with Crippen molar-refractivity contribution in [3.63, 3.8) is 0 Å². The number of hydrogen-bond acceptors (Lipinski definition) is 10. The molecule has 2 saturated carbocycles. The summed E-state index contributed by atoms with van der Waals surface area (Å²) in [6.07, 6.45) is 7.90. The third kappa shape index (κ3) is 7.58. The fourth-order valence-corrected chi connectivity index (χ4v) is 9.13. The lowest BCUT2D eigenvalue weighted by atomic mass is 9.88. The largest absolute Gasteiger partial charge is 0.497 e. The average Bonchev–Trinajstić information content (AvgIpc) is 3.89. The summed E-state index contributed by atoms with van der Waals surface area (Å²) in [6, 6.07) is 6.41. The Morgan fingerprint density at radius 2 is 1.91 bits per heavy atom. The van der Waals surface area contributed by atoms with Crippen LogP contribution in [0, 0.1) is 17.8 Å². The van der Waals surface area contributed by atoms with Crippen LogP contribution in [0.3, 0.4) is 0 Å². The van der Waals surface area contributed by atoms with E-state index in [-0.39, 0.29) is 25.3 Å². The molecule has 17 heteroatoms. The van der Waals surface area contributed by atoms with Crippen LogP contribution < -0.4 is 24.8 Å². The Morgan fingerprint density at radius 1 is 1.13 bits per heavy atom. The molecule has 1 aromatic carbocycles. The maximum Gasteiger partial charge on any atom is 0.405 e. The fraction of sp³-hybridized carbons (Fsp3) is 0.526. The predicted octanol–water partition coefficient (Wildman–Crippen LogP) is 3.30. The molecule has 1 saturated heterocycles. The molecule has 55 heavy (non-hydrogen) atoms. The molecule has 7 atom stereocenters. The quantitative estimate of drug-likeness (QED) is 0.244. The molecule has 16 nitrogen and oxygen atoms in total. The molecule has 4 aliphatic rings. The lowest BCUT2D eigenvalue weighted by molar-refractivity contribution is -0.142. The van der Waals surface area contributed by atoms with Crippen molar-refractivity contribution in [1.82, 2.24) is 35.0 Å². The Morgan fingerprint density at radius 3 is 2.60 bits per heavy atom. The molecule has 3 aromatic rings. The molecule has 3 fully saturated rings. The second-order valence-corrected chi connectivity index (χ2v) is 17.9. The van der Waals surface area contributed by atoms with Crippen LogP contribution >= 0.6 is 0 Å². The number of nitrogens with zero attached hydrogens (tertiary/aromatic N) is 4. The van der Waals surface area contributed by atoms with Gasteiger partial charge in [0, 0.05) is 42.3 Å². The number of hydrogen-bond donors (Lipinski definition) is 4. The molecular weight excluding hydrogens is 731 g/mol. The second kappa shape index (κ2) is 14.5. The number of nitrogens with one attached hydrogen (secondary N) is 3. The van der Waals surface area contributed by atoms with Gasteiger partial charge in [0.2, 0.25) is 21.8 Å². The number of allylic oxidation sites excluding steroid dienone is 1. The van der Waals surface area contributed by atoms with Gasteiger partial charge in [-0.25, -0.2) is 22.9 Å². The highest BCUT2D eigenvalue weighted by Gasteiger charge is 2.63. The van der Waals surface area contributed by atoms with E-state index in [1.165, 1.54) is 4.90 Å². The Labute approximate surface area is 319 Å². The van der Waals surface area contributed by atoms with Crippen molar-refractivity contribution in [3.8, 4) is 17.3 Å². The van der Waals surface area contributed by atoms with Gasteiger partial charge in [-0.05, 0) is 75.5 Å². The number of fused-ring (bicyclic) bond motifs is 3. The van der Waals surface area contributed by atoms with E-state index >= 15 is 0 Å². The van der Waals surface area contributed by atoms with E-state index in [9.17, 15) is 32.7 Å². The van der Waals surface area contributed by atoms with Crippen molar-refractivity contribution in [2.75, 3.05) is 13.7 Å². The van der Waals surface area contributed by atoms with E-state index in [2.05, 4.69) is 20.5 Å². The monoisotopic (exact) mass is 777 g/mol. The van der Waals surface area contributed by atoms with E-state index < -0.39 is 74.1 Å². The van der Waals surface area contributed by atoms with E-state index in [1.54, 1.807) is 61.4 Å². The number of methoxy groups -OCH3 is 1. The number of aromatic nitrogens is 3. The van der Waals surface area contributed by atoms with Crippen LogP contribution in [0.25, 0.3) is 16.7 Å². The fourth-order valence-electron chi connectivity index (χ4n) is 7.82. The molecule has 2 aliphatic carbocycles. The Hall–Kier alpha value is -5.19. The molecule has 2 aliphatic heterocycles. The Balaban J connectivity index is 1.24. The van der Waals surface area contributed by atoms with Gasteiger partial charge in [-0.3, -0.25) is 19.1 Å². The molecule has 0 spiro atoms. The van der Waals surface area contributed by atoms with Gasteiger partial charge in [0.05, 0.1) is 23.9 Å². The first kappa shape index (κ1) is 38.1. The minimum atomic E-state index is -4.02. The minimum Gasteiger partial charge on any atom is -0.497 e. The van der Waals surface area contributed by atoms with Crippen LogP contribution in [0.1, 0.15) is 65.7 Å². The third-order valence-electron chi connectivity index (χ3n) is 11.5. The van der Waals surface area contributed by atoms with Gasteiger partial charge in [0.15, 0.2) is 5.82 Å². The highest BCUT2D eigenvalue weighted by Crippen LogP contribution is 2.47. The van der Waals surface area contributed by atoms with Crippen LogP contribution in [-0.2, 0) is 24.4 Å². The summed E-state index contributed by atoms with van der Waals surface area (Å²) in [6.45, 7) is 5.34. The van der Waals surface area contributed by atoms with Crippen LogP contribution in [0.4, 0.5) is 4.79 Å². The molecule has 294 valence electrons. The van der Waals surface area contributed by atoms with Gasteiger partial charge in [-0.15, -0.1) is 0 Å². The zero-order valence-corrected chi connectivity index (χ0v) is 32.0. The molecule has 0 unspecified atom stereocenters. The van der Waals surface area contributed by atoms with Gasteiger partial charge >= 0.3 is 6.09 Å². The first-order valence-electron chi connectivity index (χ1n) is 18.6. The van der Waals surface area contributed by atoms with Crippen molar-refractivity contribution >= 4 is 44.7 Å². The summed E-state index contributed by atoms with van der Waals surface area (Å²) in [7, 11) is -2.47. The predicted molar refractivity (Wildman–Crippen MR) is 200 cm³/mol. The van der Waals surface area contributed by atoms with Crippen molar-refractivity contribution in [2.24, 2.45) is 17.8 Å². The summed E-state index contributed by atoms with van der Waals surface area (Å²) in [5.41, 5.74) is -1.01. The van der Waals surface area contributed by atoms with E-state index in [0.29, 0.717) is 53.9 Å². The number of pyridine rings is 1. The molecule has 4 heterocycles. The summed E-state index contributed by atoms with van der Waals surface area (Å²) < 4.78 is 41.1. The second-order valence-electron chi connectivity index (χ2n) is 15.7. The summed E-state index contributed by atoms with van der Waals surface area (Å²) in [4.78, 5) is 61.0. The van der Waals surface area contributed by atoms with E-state index in [1.807, 2.05) is 26.0 Å². The van der Waals surface area contributed by atoms with Crippen LogP contribution in [-0.4, -0.2) is 99.1 Å². The standard InChI is InChI=1S/C38H47N7O9S/c1-22-8-5-6-9-24-20-38(24,35(48)43-55(51,52)37(3)12-13-37)42-33(46)29-18-26(21-44(29)34(47)32(23(2)16-22)41-36(49)50)54-30-19-31(45-15-7-14-39-45)40-28-17-25(53-4)10-11-27(28)30/h6-7,9-11,14-15,17,19,22-24,26,29,32,41H,5,8,12-13,16,18,20-21H2,1-4H3,(H,42,46)(H,43,48)(H,49,50)/b9-6-/t22-,23-,24-,26-,29+,32+,38-/m1/s1. The molecule has 4 amide bonds. The Kier molecular flexibility index (Phi) is 10.0. The van der Waals surface area contributed by atoms with Crippen molar-refractivity contribution < 1.29 is 42.2 Å². The first-order chi connectivity index (χ1) is 26.1. The maximum atomic E-state index is 14.5. The van der Waals surface area contributed by atoms with Crippen molar-refractivity contribution in [3.05, 3.63) is 54.9 Å². The number of amides is 4. The topological polar surface area (TPSA) is 211 Å². The molecule has 2 aromatic heterocycles. The number of ether oxygens (including phenoxy) is 2. The van der Waals surface area contributed by atoms with Crippen LogP contribution in [0.2, 0.25) is 0 Å². The molecule has 0 bridgehead atoms. The molecule has 7 rings (SSSR count). The summed E-state index contributed by atoms with van der Waals surface area (Å²) >= 11 is 0. The number of benzene rings is 1. The van der Waals surface area contributed by atoms with Gasteiger partial charge in [-0.2, -0.15) is 5.10 Å². The van der Waals surface area contributed by atoms with Crippen molar-refractivity contribution in [1.29, 1.82) is 0 Å². The molecular formula is C38H47N7O9S. The number of carbonyl (C=O) groups excluding carboxylic acids is 3.